The second-order valence-corrected chi connectivity index (χ2v) is 3.68. The second kappa shape index (κ2) is 3.14. The van der Waals surface area contributed by atoms with E-state index in [1.165, 1.54) is 6.07 Å². The number of rotatable bonds is 0. The maximum atomic E-state index is 13.2. The number of fused-ring (bicyclic) bond motifs is 1. The zero-order chi connectivity index (χ0) is 10.3. The van der Waals surface area contributed by atoms with E-state index in [4.69, 9.17) is 17.3 Å². The summed E-state index contributed by atoms with van der Waals surface area (Å²) in [4.78, 5) is 0. The molecular weight excluding hydrogens is 201 g/mol. The molecule has 2 aromatic carbocycles. The maximum absolute atomic E-state index is 13.2. The largest absolute Gasteiger partial charge is 0.399 e. The van der Waals surface area contributed by atoms with Crippen molar-refractivity contribution in [2.75, 3.05) is 5.73 Å². The van der Waals surface area contributed by atoms with Crippen LogP contribution in [0.2, 0.25) is 5.02 Å². The number of hydrogen-bond acceptors (Lipinski definition) is 1. The molecule has 0 fully saturated rings. The molecule has 0 amide bonds. The van der Waals surface area contributed by atoms with Gasteiger partial charge in [-0.25, -0.2) is 4.39 Å². The lowest BCUT2D eigenvalue weighted by molar-refractivity contribution is 0.630. The summed E-state index contributed by atoms with van der Waals surface area (Å²) in [6.07, 6.45) is 0. The quantitative estimate of drug-likeness (QED) is 0.660. The van der Waals surface area contributed by atoms with Gasteiger partial charge >= 0.3 is 0 Å². The monoisotopic (exact) mass is 209 g/mol. The number of halogens is 2. The number of anilines is 1. The topological polar surface area (TPSA) is 26.0 Å². The number of nitrogen functional groups attached to an aromatic ring is 1. The average molecular weight is 210 g/mol. The van der Waals surface area contributed by atoms with Crippen LogP contribution in [0.4, 0.5) is 10.1 Å². The van der Waals surface area contributed by atoms with Crippen molar-refractivity contribution in [2.45, 2.75) is 6.92 Å². The van der Waals surface area contributed by atoms with Crippen LogP contribution in [0.3, 0.4) is 0 Å². The third-order valence-corrected chi connectivity index (χ3v) is 2.60. The van der Waals surface area contributed by atoms with Gasteiger partial charge < -0.3 is 5.73 Å². The highest BCUT2D eigenvalue weighted by atomic mass is 35.5. The molecular formula is C11H9ClFN. The van der Waals surface area contributed by atoms with E-state index in [0.29, 0.717) is 5.69 Å². The lowest BCUT2D eigenvalue weighted by atomic mass is 10.0. The first kappa shape index (κ1) is 9.28. The molecule has 2 rings (SSSR count). The van der Waals surface area contributed by atoms with Gasteiger partial charge in [-0.05, 0) is 36.1 Å². The van der Waals surface area contributed by atoms with Crippen LogP contribution in [0.25, 0.3) is 10.8 Å². The molecule has 0 radical (unpaired) electrons. The van der Waals surface area contributed by atoms with Crippen molar-refractivity contribution in [1.29, 1.82) is 0 Å². The van der Waals surface area contributed by atoms with Crippen LogP contribution < -0.4 is 5.73 Å². The van der Waals surface area contributed by atoms with Gasteiger partial charge in [0.2, 0.25) is 0 Å². The van der Waals surface area contributed by atoms with E-state index in [-0.39, 0.29) is 5.02 Å². The average Bonchev–Trinajstić information content (AvgIpc) is 2.10. The van der Waals surface area contributed by atoms with E-state index < -0.39 is 5.82 Å². The van der Waals surface area contributed by atoms with Crippen molar-refractivity contribution in [3.8, 4) is 0 Å². The zero-order valence-electron chi connectivity index (χ0n) is 7.64. The highest BCUT2D eigenvalue weighted by Gasteiger charge is 2.07. The van der Waals surface area contributed by atoms with E-state index in [2.05, 4.69) is 0 Å². The highest BCUT2D eigenvalue weighted by molar-refractivity contribution is 6.36. The molecule has 0 aliphatic rings. The third-order valence-electron chi connectivity index (χ3n) is 2.23. The SMILES string of the molecule is Cc1cc(N)cc2ccc(F)c(Cl)c12. The van der Waals surface area contributed by atoms with Gasteiger partial charge in [0.1, 0.15) is 5.82 Å². The van der Waals surface area contributed by atoms with Crippen LogP contribution in [0.5, 0.6) is 0 Å². The molecule has 0 unspecified atom stereocenters. The van der Waals surface area contributed by atoms with Gasteiger partial charge in [0, 0.05) is 11.1 Å². The van der Waals surface area contributed by atoms with Crippen molar-refractivity contribution < 1.29 is 4.39 Å². The summed E-state index contributed by atoms with van der Waals surface area (Å²) in [7, 11) is 0. The molecule has 0 bridgehead atoms. The smallest absolute Gasteiger partial charge is 0.142 e. The molecule has 14 heavy (non-hydrogen) atoms. The molecule has 0 spiro atoms. The van der Waals surface area contributed by atoms with E-state index in [1.807, 2.05) is 6.92 Å². The molecule has 2 N–H and O–H groups in total. The Bertz CT molecular complexity index is 508. The Labute approximate surface area is 86.3 Å². The Hall–Kier alpha value is -1.28. The van der Waals surface area contributed by atoms with E-state index in [0.717, 1.165) is 16.3 Å². The molecule has 0 saturated carbocycles. The molecule has 1 nitrogen and oxygen atoms in total. The van der Waals surface area contributed by atoms with Crippen molar-refractivity contribution in [1.82, 2.24) is 0 Å². The molecule has 0 aliphatic carbocycles. The molecule has 0 heterocycles. The first-order chi connectivity index (χ1) is 6.59. The zero-order valence-corrected chi connectivity index (χ0v) is 8.40. The second-order valence-electron chi connectivity index (χ2n) is 3.30. The van der Waals surface area contributed by atoms with Crippen molar-refractivity contribution in [3.63, 3.8) is 0 Å². The van der Waals surface area contributed by atoms with Crippen molar-refractivity contribution in [2.24, 2.45) is 0 Å². The minimum Gasteiger partial charge on any atom is -0.399 e. The van der Waals surface area contributed by atoms with E-state index >= 15 is 0 Å². The van der Waals surface area contributed by atoms with Gasteiger partial charge in [-0.1, -0.05) is 17.7 Å². The third kappa shape index (κ3) is 1.32. The van der Waals surface area contributed by atoms with Crippen LogP contribution in [0, 0.1) is 12.7 Å². The van der Waals surface area contributed by atoms with Crippen molar-refractivity contribution in [3.05, 3.63) is 40.7 Å². The normalized spacial score (nSPS) is 10.8. The van der Waals surface area contributed by atoms with E-state index in [9.17, 15) is 4.39 Å². The Balaban J connectivity index is 2.95. The summed E-state index contributed by atoms with van der Waals surface area (Å²) in [5, 5.41) is 1.77. The molecule has 0 saturated heterocycles. The number of benzene rings is 2. The Morgan fingerprint density at radius 1 is 1.29 bits per heavy atom. The van der Waals surface area contributed by atoms with E-state index in [1.54, 1.807) is 18.2 Å². The van der Waals surface area contributed by atoms with Crippen LogP contribution >= 0.6 is 11.6 Å². The maximum Gasteiger partial charge on any atom is 0.142 e. The summed E-state index contributed by atoms with van der Waals surface area (Å²) in [6.45, 7) is 1.87. The number of aryl methyl sites for hydroxylation is 1. The molecule has 0 aromatic heterocycles. The Morgan fingerprint density at radius 3 is 2.71 bits per heavy atom. The standard InChI is InChI=1S/C11H9ClFN/c1-6-4-8(14)5-7-2-3-9(13)11(12)10(6)7/h2-5H,14H2,1H3. The van der Waals surface area contributed by atoms with Gasteiger partial charge in [-0.15, -0.1) is 0 Å². The minimum absolute atomic E-state index is 0.167. The summed E-state index contributed by atoms with van der Waals surface area (Å²) < 4.78 is 13.2. The van der Waals surface area contributed by atoms with Gasteiger partial charge in [-0.2, -0.15) is 0 Å². The highest BCUT2D eigenvalue weighted by Crippen LogP contribution is 2.30. The van der Waals surface area contributed by atoms with Gasteiger partial charge in [0.25, 0.3) is 0 Å². The summed E-state index contributed by atoms with van der Waals surface area (Å²) >= 11 is 5.87. The minimum atomic E-state index is -0.396. The number of nitrogens with two attached hydrogens (primary N) is 1. The molecule has 0 aliphatic heterocycles. The van der Waals surface area contributed by atoms with Crippen LogP contribution in [-0.4, -0.2) is 0 Å². The van der Waals surface area contributed by atoms with Crippen LogP contribution in [0.15, 0.2) is 24.3 Å². The molecule has 2 aromatic rings. The van der Waals surface area contributed by atoms with Gasteiger partial charge in [-0.3, -0.25) is 0 Å². The Morgan fingerprint density at radius 2 is 2.00 bits per heavy atom. The number of hydrogen-bond donors (Lipinski definition) is 1. The lowest BCUT2D eigenvalue weighted by Gasteiger charge is -2.06. The predicted molar refractivity (Wildman–Crippen MR) is 58.1 cm³/mol. The van der Waals surface area contributed by atoms with Crippen LogP contribution in [-0.2, 0) is 0 Å². The fraction of sp³-hybridized carbons (Fsp3) is 0.0909. The lowest BCUT2D eigenvalue weighted by Crippen LogP contribution is -1.89. The van der Waals surface area contributed by atoms with Crippen molar-refractivity contribution >= 4 is 28.1 Å². The summed E-state index contributed by atoms with van der Waals surface area (Å²) in [5.74, 6) is -0.396. The Kier molecular flexibility index (Phi) is 2.08. The predicted octanol–water partition coefficient (Wildman–Crippen LogP) is 3.52. The first-order valence-corrected chi connectivity index (χ1v) is 4.61. The summed E-state index contributed by atoms with van der Waals surface area (Å²) in [6, 6.07) is 6.60. The van der Waals surface area contributed by atoms with Gasteiger partial charge in [0.15, 0.2) is 0 Å². The molecule has 3 heteroatoms. The summed E-state index contributed by atoms with van der Waals surface area (Å²) in [5.41, 5.74) is 7.23. The first-order valence-electron chi connectivity index (χ1n) is 4.23. The van der Waals surface area contributed by atoms with Gasteiger partial charge in [0.05, 0.1) is 5.02 Å². The molecule has 72 valence electrons. The fourth-order valence-corrected chi connectivity index (χ4v) is 1.95. The van der Waals surface area contributed by atoms with Crippen LogP contribution in [0.1, 0.15) is 5.56 Å². The fourth-order valence-electron chi connectivity index (χ4n) is 1.63. The molecule has 0 atom stereocenters.